The highest BCUT2D eigenvalue weighted by atomic mass is 16.5. The van der Waals surface area contributed by atoms with Crippen molar-refractivity contribution in [2.45, 2.75) is 12.8 Å². The predicted octanol–water partition coefficient (Wildman–Crippen LogP) is -0.742. The first-order chi connectivity index (χ1) is 8.52. The van der Waals surface area contributed by atoms with Gasteiger partial charge in [-0.25, -0.2) is 0 Å². The van der Waals surface area contributed by atoms with Crippen LogP contribution in [0.2, 0.25) is 0 Å². The molecule has 0 aliphatic carbocycles. The van der Waals surface area contributed by atoms with E-state index < -0.39 is 13.1 Å². The van der Waals surface area contributed by atoms with Gasteiger partial charge in [-0.2, -0.15) is 0 Å². The second kappa shape index (κ2) is 6.78. The number of methoxy groups -OCH3 is 1. The Morgan fingerprint density at radius 3 is 2.67 bits per heavy atom. The number of ether oxygens (including phenoxy) is 1. The molecule has 0 aliphatic heterocycles. The second-order valence-corrected chi connectivity index (χ2v) is 3.62. The molecule has 6 nitrogen and oxygen atoms in total. The monoisotopic (exact) mass is 251 g/mol. The molecule has 0 saturated carbocycles. The number of benzene rings is 1. The highest BCUT2D eigenvalue weighted by molar-refractivity contribution is 6.58. The molecule has 0 heterocycles. The van der Waals surface area contributed by atoms with Crippen molar-refractivity contribution in [3.8, 4) is 0 Å². The molecule has 0 unspecified atom stereocenters. The number of hydrogen-bond donors (Lipinski definition) is 3. The zero-order valence-corrected chi connectivity index (χ0v) is 9.92. The van der Waals surface area contributed by atoms with Crippen LogP contribution in [-0.2, 0) is 14.3 Å². The average Bonchev–Trinajstić information content (AvgIpc) is 2.36. The van der Waals surface area contributed by atoms with Crippen molar-refractivity contribution >= 4 is 30.1 Å². The molecule has 7 heteroatoms. The van der Waals surface area contributed by atoms with Crippen LogP contribution in [0, 0.1) is 0 Å². The number of carbonyl (C=O) groups is 2. The molecule has 0 aliphatic rings. The quantitative estimate of drug-likeness (QED) is 0.473. The first-order valence-electron chi connectivity index (χ1n) is 5.35. The van der Waals surface area contributed by atoms with E-state index in [1.807, 2.05) is 0 Å². The van der Waals surface area contributed by atoms with Crippen LogP contribution in [0.25, 0.3) is 0 Å². The lowest BCUT2D eigenvalue weighted by Crippen LogP contribution is -2.30. The SMILES string of the molecule is COC(=O)CCC(=O)Nc1cccc(B(O)O)c1. The lowest BCUT2D eigenvalue weighted by Gasteiger charge is -2.06. The first kappa shape index (κ1) is 14.2. The summed E-state index contributed by atoms with van der Waals surface area (Å²) >= 11 is 0. The van der Waals surface area contributed by atoms with Crippen molar-refractivity contribution in [1.29, 1.82) is 0 Å². The van der Waals surface area contributed by atoms with Crippen LogP contribution in [0.5, 0.6) is 0 Å². The number of rotatable bonds is 5. The fourth-order valence-electron chi connectivity index (χ4n) is 1.32. The zero-order chi connectivity index (χ0) is 13.5. The first-order valence-corrected chi connectivity index (χ1v) is 5.35. The Balaban J connectivity index is 2.54. The molecule has 0 saturated heterocycles. The van der Waals surface area contributed by atoms with Gasteiger partial charge < -0.3 is 20.1 Å². The van der Waals surface area contributed by atoms with Crippen molar-refractivity contribution < 1.29 is 24.4 Å². The lowest BCUT2D eigenvalue weighted by molar-refractivity contribution is -0.141. The summed E-state index contributed by atoms with van der Waals surface area (Å²) in [4.78, 5) is 22.3. The molecule has 0 atom stereocenters. The van der Waals surface area contributed by atoms with Crippen molar-refractivity contribution in [2.24, 2.45) is 0 Å². The van der Waals surface area contributed by atoms with Gasteiger partial charge in [-0.05, 0) is 17.6 Å². The Labute approximate surface area is 105 Å². The summed E-state index contributed by atoms with van der Waals surface area (Å²) < 4.78 is 4.42. The number of hydrogen-bond acceptors (Lipinski definition) is 5. The fourth-order valence-corrected chi connectivity index (χ4v) is 1.32. The molecule has 0 bridgehead atoms. The van der Waals surface area contributed by atoms with Crippen molar-refractivity contribution in [3.63, 3.8) is 0 Å². The van der Waals surface area contributed by atoms with Gasteiger partial charge in [0.25, 0.3) is 0 Å². The van der Waals surface area contributed by atoms with E-state index in [0.717, 1.165) is 0 Å². The minimum atomic E-state index is -1.59. The van der Waals surface area contributed by atoms with Crippen molar-refractivity contribution in [3.05, 3.63) is 24.3 Å². The maximum absolute atomic E-state index is 11.5. The number of anilines is 1. The molecule has 18 heavy (non-hydrogen) atoms. The summed E-state index contributed by atoms with van der Waals surface area (Å²) in [6.45, 7) is 0. The summed E-state index contributed by atoms with van der Waals surface area (Å²) in [7, 11) is -0.330. The van der Waals surface area contributed by atoms with Crippen LogP contribution < -0.4 is 10.8 Å². The van der Waals surface area contributed by atoms with E-state index in [9.17, 15) is 9.59 Å². The third-order valence-corrected chi connectivity index (χ3v) is 2.25. The Bertz CT molecular complexity index is 435. The zero-order valence-electron chi connectivity index (χ0n) is 9.92. The highest BCUT2D eigenvalue weighted by Crippen LogP contribution is 2.05. The molecule has 1 amide bonds. The standard InChI is InChI=1S/C11H14BNO5/c1-18-11(15)6-5-10(14)13-9-4-2-3-8(7-9)12(16)17/h2-4,7,16-17H,5-6H2,1H3,(H,13,14). The van der Waals surface area contributed by atoms with Crippen LogP contribution in [0.4, 0.5) is 5.69 Å². The van der Waals surface area contributed by atoms with Gasteiger partial charge >= 0.3 is 13.1 Å². The molecule has 0 fully saturated rings. The Morgan fingerprint density at radius 1 is 1.33 bits per heavy atom. The van der Waals surface area contributed by atoms with Gasteiger partial charge in [0.15, 0.2) is 0 Å². The second-order valence-electron chi connectivity index (χ2n) is 3.62. The largest absolute Gasteiger partial charge is 0.488 e. The summed E-state index contributed by atoms with van der Waals surface area (Å²) in [6, 6.07) is 6.17. The fraction of sp³-hybridized carbons (Fsp3) is 0.273. The van der Waals surface area contributed by atoms with Gasteiger partial charge in [-0.1, -0.05) is 12.1 Å². The molecule has 1 rings (SSSR count). The normalized spacial score (nSPS) is 9.72. The summed E-state index contributed by atoms with van der Waals surface area (Å²) in [6.07, 6.45) is 0.0171. The number of carbonyl (C=O) groups excluding carboxylic acids is 2. The number of esters is 1. The third-order valence-electron chi connectivity index (χ3n) is 2.25. The van der Waals surface area contributed by atoms with E-state index in [4.69, 9.17) is 10.0 Å². The molecule has 0 radical (unpaired) electrons. The van der Waals surface area contributed by atoms with E-state index in [-0.39, 0.29) is 24.2 Å². The maximum atomic E-state index is 11.5. The van der Waals surface area contributed by atoms with E-state index in [1.54, 1.807) is 12.1 Å². The Morgan fingerprint density at radius 2 is 2.06 bits per heavy atom. The van der Waals surface area contributed by atoms with Crippen molar-refractivity contribution in [1.82, 2.24) is 0 Å². The topological polar surface area (TPSA) is 95.9 Å². The molecular weight excluding hydrogens is 237 g/mol. The van der Waals surface area contributed by atoms with Crippen LogP contribution in [-0.4, -0.2) is 36.2 Å². The molecular formula is C11H14BNO5. The lowest BCUT2D eigenvalue weighted by atomic mass is 9.80. The summed E-state index contributed by atoms with van der Waals surface area (Å²) in [5.41, 5.74) is 0.719. The number of nitrogens with one attached hydrogen (secondary N) is 1. The molecule has 1 aromatic rings. The Kier molecular flexibility index (Phi) is 5.35. The van der Waals surface area contributed by atoms with E-state index >= 15 is 0 Å². The minimum absolute atomic E-state index is 0.00461. The van der Waals surface area contributed by atoms with Gasteiger partial charge in [0.05, 0.1) is 13.5 Å². The van der Waals surface area contributed by atoms with Crippen LogP contribution in [0.1, 0.15) is 12.8 Å². The predicted molar refractivity (Wildman–Crippen MR) is 66.1 cm³/mol. The summed E-state index contributed by atoms with van der Waals surface area (Å²) in [5, 5.41) is 20.5. The van der Waals surface area contributed by atoms with E-state index in [2.05, 4.69) is 10.1 Å². The molecule has 0 spiro atoms. The van der Waals surface area contributed by atoms with Crippen LogP contribution in [0.3, 0.4) is 0 Å². The number of amides is 1. The molecule has 1 aromatic carbocycles. The van der Waals surface area contributed by atoms with E-state index in [0.29, 0.717) is 5.69 Å². The maximum Gasteiger partial charge on any atom is 0.488 e. The minimum Gasteiger partial charge on any atom is -0.469 e. The Hall–Kier alpha value is -1.86. The molecule has 3 N–H and O–H groups in total. The molecule has 96 valence electrons. The smallest absolute Gasteiger partial charge is 0.469 e. The highest BCUT2D eigenvalue weighted by Gasteiger charge is 2.12. The van der Waals surface area contributed by atoms with Gasteiger partial charge in [0.2, 0.25) is 5.91 Å². The van der Waals surface area contributed by atoms with Gasteiger partial charge in [0.1, 0.15) is 0 Å². The third kappa shape index (κ3) is 4.56. The van der Waals surface area contributed by atoms with Gasteiger partial charge in [0, 0.05) is 12.1 Å². The average molecular weight is 251 g/mol. The van der Waals surface area contributed by atoms with Crippen molar-refractivity contribution in [2.75, 3.05) is 12.4 Å². The van der Waals surface area contributed by atoms with Gasteiger partial charge in [-0.15, -0.1) is 0 Å². The van der Waals surface area contributed by atoms with E-state index in [1.165, 1.54) is 19.2 Å². The van der Waals surface area contributed by atoms with Crippen LogP contribution >= 0.6 is 0 Å². The van der Waals surface area contributed by atoms with Crippen LogP contribution in [0.15, 0.2) is 24.3 Å². The van der Waals surface area contributed by atoms with Gasteiger partial charge in [-0.3, -0.25) is 9.59 Å². The summed E-state index contributed by atoms with van der Waals surface area (Å²) in [5.74, 6) is -0.797. The molecule has 0 aromatic heterocycles.